The minimum atomic E-state index is 0.231. The van der Waals surface area contributed by atoms with Crippen LogP contribution in [-0.2, 0) is 0 Å². The van der Waals surface area contributed by atoms with E-state index < -0.39 is 0 Å². The number of benzene rings is 3. The van der Waals surface area contributed by atoms with Gasteiger partial charge in [-0.25, -0.2) is 0 Å². The molecule has 2 aliphatic rings. The molecule has 1 saturated heterocycles. The lowest BCUT2D eigenvalue weighted by molar-refractivity contribution is 0.234. The fourth-order valence-electron chi connectivity index (χ4n) is 4.71. The van der Waals surface area contributed by atoms with E-state index in [9.17, 15) is 10.2 Å². The van der Waals surface area contributed by atoms with E-state index in [4.69, 9.17) is 9.47 Å². The van der Waals surface area contributed by atoms with Crippen molar-refractivity contribution in [2.45, 2.75) is 32.1 Å². The van der Waals surface area contributed by atoms with Crippen molar-refractivity contribution in [3.63, 3.8) is 0 Å². The Morgan fingerprint density at radius 1 is 0.941 bits per heavy atom. The summed E-state index contributed by atoms with van der Waals surface area (Å²) < 4.78 is 11.4. The molecular formula is C29H35NO4. The summed E-state index contributed by atoms with van der Waals surface area (Å²) in [6.07, 6.45) is 1.34. The van der Waals surface area contributed by atoms with Gasteiger partial charge in [-0.2, -0.15) is 0 Å². The number of phenolic OH excluding ortho intramolecular Hbond substituents is 2. The van der Waals surface area contributed by atoms with Gasteiger partial charge in [-0.3, -0.25) is 4.90 Å². The summed E-state index contributed by atoms with van der Waals surface area (Å²) in [6, 6.07) is 22.5. The lowest BCUT2D eigenvalue weighted by Crippen LogP contribution is -2.25. The fraction of sp³-hybridized carbons (Fsp3) is 0.379. The first-order valence-electron chi connectivity index (χ1n) is 12.1. The largest absolute Gasteiger partial charge is 0.508 e. The molecule has 34 heavy (non-hydrogen) atoms. The van der Waals surface area contributed by atoms with E-state index in [-0.39, 0.29) is 23.3 Å². The van der Waals surface area contributed by atoms with Crippen LogP contribution >= 0.6 is 0 Å². The maximum Gasteiger partial charge on any atom is 0.123 e. The number of phenols is 2. The van der Waals surface area contributed by atoms with Crippen LogP contribution < -0.4 is 9.47 Å². The van der Waals surface area contributed by atoms with Gasteiger partial charge in [0.15, 0.2) is 0 Å². The number of nitrogens with zero attached hydrogens (tertiary/aromatic N) is 1. The van der Waals surface area contributed by atoms with Crippen molar-refractivity contribution in [3.05, 3.63) is 83.9 Å². The van der Waals surface area contributed by atoms with Gasteiger partial charge in [-0.15, -0.1) is 0 Å². The van der Waals surface area contributed by atoms with E-state index in [0.717, 1.165) is 41.7 Å². The van der Waals surface area contributed by atoms with E-state index in [2.05, 4.69) is 18.7 Å². The molecule has 0 bridgehead atoms. The number of fused-ring (bicyclic) bond motifs is 1. The molecular weight excluding hydrogens is 426 g/mol. The van der Waals surface area contributed by atoms with Crippen molar-refractivity contribution in [1.82, 2.24) is 4.90 Å². The highest BCUT2D eigenvalue weighted by atomic mass is 16.5. The number of rotatable bonds is 5. The topological polar surface area (TPSA) is 62.2 Å². The molecule has 2 heterocycles. The molecule has 0 aromatic heterocycles. The summed E-state index contributed by atoms with van der Waals surface area (Å²) in [6.45, 7) is 9.40. The maximum atomic E-state index is 9.61. The molecule has 3 atom stereocenters. The van der Waals surface area contributed by atoms with Crippen LogP contribution in [0.2, 0.25) is 0 Å². The Bertz CT molecular complexity index is 1040. The molecule has 2 aliphatic heterocycles. The second-order valence-electron chi connectivity index (χ2n) is 9.38. The number of ether oxygens (including phenoxy) is 2. The van der Waals surface area contributed by atoms with Gasteiger partial charge in [0.2, 0.25) is 0 Å². The van der Waals surface area contributed by atoms with Crippen molar-refractivity contribution in [1.29, 1.82) is 0 Å². The number of aromatic hydroxyl groups is 2. The van der Waals surface area contributed by atoms with E-state index in [1.165, 1.54) is 19.5 Å². The van der Waals surface area contributed by atoms with Gasteiger partial charge in [0, 0.05) is 24.6 Å². The van der Waals surface area contributed by atoms with E-state index in [1.807, 2.05) is 48.5 Å². The molecule has 0 amide bonds. The van der Waals surface area contributed by atoms with Crippen LogP contribution in [0.5, 0.6) is 23.0 Å². The van der Waals surface area contributed by atoms with Gasteiger partial charge in [0.25, 0.3) is 0 Å². The summed E-state index contributed by atoms with van der Waals surface area (Å²) >= 11 is 0. The van der Waals surface area contributed by atoms with Crippen LogP contribution in [0.4, 0.5) is 0 Å². The van der Waals surface area contributed by atoms with Crippen LogP contribution in [0.3, 0.4) is 0 Å². The van der Waals surface area contributed by atoms with Crippen LogP contribution in [0.15, 0.2) is 72.8 Å². The first kappa shape index (κ1) is 24.0. The number of hydrogen-bond donors (Lipinski definition) is 2. The van der Waals surface area contributed by atoms with Crippen molar-refractivity contribution in [2.24, 2.45) is 5.92 Å². The van der Waals surface area contributed by atoms with Crippen LogP contribution in [0.1, 0.15) is 43.2 Å². The van der Waals surface area contributed by atoms with Gasteiger partial charge in [-0.05, 0) is 72.8 Å². The Morgan fingerprint density at radius 2 is 1.68 bits per heavy atom. The third-order valence-corrected chi connectivity index (χ3v) is 6.75. The average Bonchev–Trinajstić information content (AvgIpc) is 3.26. The molecule has 0 spiro atoms. The first-order valence-corrected chi connectivity index (χ1v) is 12.1. The van der Waals surface area contributed by atoms with E-state index in [1.54, 1.807) is 24.3 Å². The minimum Gasteiger partial charge on any atom is -0.508 e. The Balaban J connectivity index is 0.000000166. The summed E-state index contributed by atoms with van der Waals surface area (Å²) in [5.74, 6) is 3.72. The molecule has 0 aliphatic carbocycles. The molecule has 3 aromatic rings. The second-order valence-corrected chi connectivity index (χ2v) is 9.38. The Labute approximate surface area is 202 Å². The number of hydrogen-bond acceptors (Lipinski definition) is 5. The predicted octanol–water partition coefficient (Wildman–Crippen LogP) is 5.78. The molecule has 180 valence electrons. The van der Waals surface area contributed by atoms with Gasteiger partial charge < -0.3 is 19.7 Å². The molecule has 2 N–H and O–H groups in total. The Morgan fingerprint density at radius 3 is 2.38 bits per heavy atom. The lowest BCUT2D eigenvalue weighted by Gasteiger charge is -2.31. The SMILES string of the molecule is C[C@@H]1CCN(CCOc2ccccc2)C1.C[C@H]1c2cc(O)ccc2OC[C@H]1c1ccc(O)cc1. The molecule has 1 fully saturated rings. The third-order valence-electron chi connectivity index (χ3n) is 6.75. The average molecular weight is 462 g/mol. The zero-order valence-electron chi connectivity index (χ0n) is 20.1. The summed E-state index contributed by atoms with van der Waals surface area (Å²) in [7, 11) is 0. The summed E-state index contributed by atoms with van der Waals surface area (Å²) in [4.78, 5) is 2.48. The van der Waals surface area contributed by atoms with Gasteiger partial charge in [0.1, 0.15) is 29.6 Å². The van der Waals surface area contributed by atoms with E-state index >= 15 is 0 Å². The molecule has 0 unspecified atom stereocenters. The third kappa shape index (κ3) is 6.23. The number of likely N-dealkylation sites (tertiary alicyclic amines) is 1. The molecule has 0 radical (unpaired) electrons. The molecule has 5 heteroatoms. The highest BCUT2D eigenvalue weighted by Crippen LogP contribution is 2.43. The Kier molecular flexibility index (Phi) is 7.96. The molecule has 0 saturated carbocycles. The smallest absolute Gasteiger partial charge is 0.123 e. The number of para-hydroxylation sites is 1. The monoisotopic (exact) mass is 461 g/mol. The van der Waals surface area contributed by atoms with Crippen LogP contribution in [-0.4, -0.2) is 48.0 Å². The Hall–Kier alpha value is -3.18. The highest BCUT2D eigenvalue weighted by Gasteiger charge is 2.29. The van der Waals surface area contributed by atoms with Gasteiger partial charge in [-0.1, -0.05) is 44.2 Å². The normalized spacial score (nSPS) is 21.6. The van der Waals surface area contributed by atoms with Gasteiger partial charge in [0.05, 0.1) is 6.61 Å². The fourth-order valence-corrected chi connectivity index (χ4v) is 4.71. The first-order chi connectivity index (χ1) is 16.5. The molecule has 3 aromatic carbocycles. The van der Waals surface area contributed by atoms with Crippen LogP contribution in [0, 0.1) is 5.92 Å². The molecule has 5 nitrogen and oxygen atoms in total. The van der Waals surface area contributed by atoms with Crippen molar-refractivity contribution in [3.8, 4) is 23.0 Å². The van der Waals surface area contributed by atoms with Crippen molar-refractivity contribution >= 4 is 0 Å². The molecule has 5 rings (SSSR count). The quantitative estimate of drug-likeness (QED) is 0.504. The predicted molar refractivity (Wildman–Crippen MR) is 135 cm³/mol. The van der Waals surface area contributed by atoms with Gasteiger partial charge >= 0.3 is 0 Å². The van der Waals surface area contributed by atoms with Crippen molar-refractivity contribution in [2.75, 3.05) is 32.8 Å². The van der Waals surface area contributed by atoms with E-state index in [0.29, 0.717) is 6.61 Å². The minimum absolute atomic E-state index is 0.231. The standard InChI is InChI=1S/C16H16O3.C13H19NO/c1-10-14-8-13(18)6-7-16(14)19-9-15(10)11-2-4-12(17)5-3-11;1-12-7-8-14(11-12)9-10-15-13-5-3-2-4-6-13/h2-8,10,15,17-18H,9H2,1H3;2-6,12H,7-11H2,1H3/t10-,15+;12-/m01/s1. The van der Waals surface area contributed by atoms with Crippen LogP contribution in [0.25, 0.3) is 0 Å². The summed E-state index contributed by atoms with van der Waals surface area (Å²) in [5, 5.41) is 19.0. The van der Waals surface area contributed by atoms with Crippen molar-refractivity contribution < 1.29 is 19.7 Å². The zero-order chi connectivity index (χ0) is 23.9. The second kappa shape index (κ2) is 11.3. The lowest BCUT2D eigenvalue weighted by atomic mass is 9.81. The zero-order valence-corrected chi connectivity index (χ0v) is 20.1. The summed E-state index contributed by atoms with van der Waals surface area (Å²) in [5.41, 5.74) is 2.17. The maximum absolute atomic E-state index is 9.61. The highest BCUT2D eigenvalue weighted by molar-refractivity contribution is 5.45.